The molecule has 1 aromatic rings. The standard InChI is InChI=1S/C15H18O4/c1-3-19-15(17)11-9-13-7-5-4-6-12(13)8-10-14(16)18-2/h4-7,9,11H,3,8,10H2,1-2H3. The smallest absolute Gasteiger partial charge is 0.330 e. The molecule has 1 rings (SSSR count). The molecule has 0 aromatic heterocycles. The maximum absolute atomic E-state index is 11.3. The highest BCUT2D eigenvalue weighted by molar-refractivity contribution is 5.87. The average molecular weight is 262 g/mol. The fraction of sp³-hybridized carbons (Fsp3) is 0.333. The van der Waals surface area contributed by atoms with E-state index < -0.39 is 0 Å². The molecule has 0 fully saturated rings. The van der Waals surface area contributed by atoms with E-state index in [2.05, 4.69) is 4.74 Å². The Labute approximate surface area is 113 Å². The Hall–Kier alpha value is -2.10. The van der Waals surface area contributed by atoms with E-state index >= 15 is 0 Å². The Morgan fingerprint density at radius 3 is 2.68 bits per heavy atom. The Morgan fingerprint density at radius 2 is 2.00 bits per heavy atom. The van der Waals surface area contributed by atoms with Crippen LogP contribution in [-0.2, 0) is 25.5 Å². The third kappa shape index (κ3) is 5.38. The van der Waals surface area contributed by atoms with Crippen molar-refractivity contribution in [2.45, 2.75) is 19.8 Å². The highest BCUT2D eigenvalue weighted by Gasteiger charge is 2.04. The molecule has 4 heteroatoms. The van der Waals surface area contributed by atoms with Crippen LogP contribution in [0.3, 0.4) is 0 Å². The van der Waals surface area contributed by atoms with Crippen molar-refractivity contribution in [3.8, 4) is 0 Å². The Bertz CT molecular complexity index is 463. The van der Waals surface area contributed by atoms with Gasteiger partial charge in [-0.05, 0) is 30.5 Å². The zero-order chi connectivity index (χ0) is 14.1. The zero-order valence-electron chi connectivity index (χ0n) is 11.2. The van der Waals surface area contributed by atoms with Gasteiger partial charge in [0, 0.05) is 12.5 Å². The second-order valence-corrected chi connectivity index (χ2v) is 3.86. The zero-order valence-corrected chi connectivity index (χ0v) is 11.2. The van der Waals surface area contributed by atoms with E-state index in [0.717, 1.165) is 11.1 Å². The summed E-state index contributed by atoms with van der Waals surface area (Å²) in [7, 11) is 1.37. The number of rotatable bonds is 6. The number of ether oxygens (including phenoxy) is 2. The summed E-state index contributed by atoms with van der Waals surface area (Å²) in [4.78, 5) is 22.4. The van der Waals surface area contributed by atoms with Crippen LogP contribution in [0.2, 0.25) is 0 Å². The maximum atomic E-state index is 11.3. The van der Waals surface area contributed by atoms with Gasteiger partial charge in [-0.2, -0.15) is 0 Å². The molecule has 0 amide bonds. The van der Waals surface area contributed by atoms with Crippen LogP contribution in [0.25, 0.3) is 6.08 Å². The molecular formula is C15H18O4. The first-order valence-corrected chi connectivity index (χ1v) is 6.17. The minimum absolute atomic E-state index is 0.246. The van der Waals surface area contributed by atoms with Crippen molar-refractivity contribution < 1.29 is 19.1 Å². The molecule has 19 heavy (non-hydrogen) atoms. The number of esters is 2. The van der Waals surface area contributed by atoms with Gasteiger partial charge in [0.05, 0.1) is 13.7 Å². The number of hydrogen-bond donors (Lipinski definition) is 0. The lowest BCUT2D eigenvalue weighted by atomic mass is 10.0. The summed E-state index contributed by atoms with van der Waals surface area (Å²) < 4.78 is 9.43. The van der Waals surface area contributed by atoms with Gasteiger partial charge in [-0.25, -0.2) is 4.79 Å². The average Bonchev–Trinajstić information content (AvgIpc) is 2.43. The van der Waals surface area contributed by atoms with Gasteiger partial charge in [-0.3, -0.25) is 4.79 Å². The first-order valence-electron chi connectivity index (χ1n) is 6.17. The highest BCUT2D eigenvalue weighted by atomic mass is 16.5. The molecule has 0 N–H and O–H groups in total. The summed E-state index contributed by atoms with van der Waals surface area (Å²) in [6, 6.07) is 7.59. The molecule has 0 aliphatic rings. The lowest BCUT2D eigenvalue weighted by Crippen LogP contribution is -2.03. The molecule has 0 saturated carbocycles. The van der Waals surface area contributed by atoms with Crippen molar-refractivity contribution in [3.63, 3.8) is 0 Å². The van der Waals surface area contributed by atoms with Crippen molar-refractivity contribution in [1.29, 1.82) is 0 Å². The second-order valence-electron chi connectivity index (χ2n) is 3.86. The molecule has 0 heterocycles. The fourth-order valence-corrected chi connectivity index (χ4v) is 1.61. The van der Waals surface area contributed by atoms with E-state index in [-0.39, 0.29) is 11.9 Å². The largest absolute Gasteiger partial charge is 0.469 e. The minimum atomic E-state index is -0.370. The first kappa shape index (κ1) is 15.0. The third-order valence-corrected chi connectivity index (χ3v) is 2.57. The number of hydrogen-bond acceptors (Lipinski definition) is 4. The molecule has 0 aliphatic heterocycles. The predicted octanol–water partition coefficient (Wildman–Crippen LogP) is 2.37. The summed E-state index contributed by atoms with van der Waals surface area (Å²) >= 11 is 0. The summed E-state index contributed by atoms with van der Waals surface area (Å²) in [6.07, 6.45) is 3.99. The van der Waals surface area contributed by atoms with E-state index in [4.69, 9.17) is 4.74 Å². The monoisotopic (exact) mass is 262 g/mol. The van der Waals surface area contributed by atoms with Crippen LogP contribution in [0.15, 0.2) is 30.3 Å². The molecule has 0 saturated heterocycles. The molecule has 0 unspecified atom stereocenters. The number of carbonyl (C=O) groups is 2. The van der Waals surface area contributed by atoms with Crippen molar-refractivity contribution in [3.05, 3.63) is 41.5 Å². The van der Waals surface area contributed by atoms with Crippen LogP contribution in [-0.4, -0.2) is 25.7 Å². The van der Waals surface area contributed by atoms with Gasteiger partial charge in [0.1, 0.15) is 0 Å². The van der Waals surface area contributed by atoms with E-state index in [1.54, 1.807) is 13.0 Å². The van der Waals surface area contributed by atoms with E-state index in [0.29, 0.717) is 19.4 Å². The summed E-state index contributed by atoms with van der Waals surface area (Å²) in [5.41, 5.74) is 1.90. The van der Waals surface area contributed by atoms with Crippen molar-refractivity contribution in [1.82, 2.24) is 0 Å². The van der Waals surface area contributed by atoms with Crippen LogP contribution in [0.1, 0.15) is 24.5 Å². The van der Waals surface area contributed by atoms with E-state index in [1.807, 2.05) is 24.3 Å². The predicted molar refractivity (Wildman–Crippen MR) is 72.4 cm³/mol. The molecule has 0 radical (unpaired) electrons. The van der Waals surface area contributed by atoms with Gasteiger partial charge in [-0.1, -0.05) is 24.3 Å². The molecule has 0 bridgehead atoms. The number of methoxy groups -OCH3 is 1. The molecule has 0 aliphatic carbocycles. The van der Waals surface area contributed by atoms with Crippen LogP contribution in [0, 0.1) is 0 Å². The van der Waals surface area contributed by atoms with Crippen molar-refractivity contribution in [2.24, 2.45) is 0 Å². The van der Waals surface area contributed by atoms with Gasteiger partial charge in [0.2, 0.25) is 0 Å². The number of benzene rings is 1. The summed E-state index contributed by atoms with van der Waals surface area (Å²) in [6.45, 7) is 2.11. The molecule has 4 nitrogen and oxygen atoms in total. The summed E-state index contributed by atoms with van der Waals surface area (Å²) in [5, 5.41) is 0. The summed E-state index contributed by atoms with van der Waals surface area (Å²) in [5.74, 6) is -0.616. The Morgan fingerprint density at radius 1 is 1.26 bits per heavy atom. The van der Waals surface area contributed by atoms with Gasteiger partial charge in [0.25, 0.3) is 0 Å². The highest BCUT2D eigenvalue weighted by Crippen LogP contribution is 2.13. The second kappa shape index (κ2) is 8.08. The van der Waals surface area contributed by atoms with Gasteiger partial charge in [0.15, 0.2) is 0 Å². The lowest BCUT2D eigenvalue weighted by Gasteiger charge is -2.05. The quantitative estimate of drug-likeness (QED) is 0.583. The Kier molecular flexibility index (Phi) is 6.36. The van der Waals surface area contributed by atoms with Crippen molar-refractivity contribution >= 4 is 18.0 Å². The van der Waals surface area contributed by atoms with Crippen LogP contribution < -0.4 is 0 Å². The lowest BCUT2D eigenvalue weighted by molar-refractivity contribution is -0.140. The molecule has 1 aromatic carbocycles. The van der Waals surface area contributed by atoms with Gasteiger partial charge < -0.3 is 9.47 Å². The number of carbonyl (C=O) groups excluding carboxylic acids is 2. The first-order chi connectivity index (χ1) is 9.17. The van der Waals surface area contributed by atoms with Gasteiger partial charge in [-0.15, -0.1) is 0 Å². The Balaban J connectivity index is 2.72. The fourth-order valence-electron chi connectivity index (χ4n) is 1.61. The van der Waals surface area contributed by atoms with E-state index in [9.17, 15) is 9.59 Å². The van der Waals surface area contributed by atoms with Crippen LogP contribution >= 0.6 is 0 Å². The normalized spacial score (nSPS) is 10.4. The number of aryl methyl sites for hydroxylation is 1. The minimum Gasteiger partial charge on any atom is -0.469 e. The van der Waals surface area contributed by atoms with E-state index in [1.165, 1.54) is 13.2 Å². The van der Waals surface area contributed by atoms with Gasteiger partial charge >= 0.3 is 11.9 Å². The SMILES string of the molecule is CCOC(=O)C=Cc1ccccc1CCC(=O)OC. The third-order valence-electron chi connectivity index (χ3n) is 2.57. The van der Waals surface area contributed by atoms with Crippen LogP contribution in [0.4, 0.5) is 0 Å². The van der Waals surface area contributed by atoms with Crippen LogP contribution in [0.5, 0.6) is 0 Å². The molecular weight excluding hydrogens is 244 g/mol. The molecule has 0 spiro atoms. The topological polar surface area (TPSA) is 52.6 Å². The maximum Gasteiger partial charge on any atom is 0.330 e. The molecule has 102 valence electrons. The molecule has 0 atom stereocenters. The van der Waals surface area contributed by atoms with Crippen molar-refractivity contribution in [2.75, 3.05) is 13.7 Å².